The molecule has 38 heavy (non-hydrogen) atoms. The van der Waals surface area contributed by atoms with Crippen LogP contribution in [0.4, 0.5) is 0 Å². The van der Waals surface area contributed by atoms with Crippen molar-refractivity contribution in [3.05, 3.63) is 18.2 Å². The van der Waals surface area contributed by atoms with Crippen LogP contribution in [0, 0.1) is 0 Å². The highest BCUT2D eigenvalue weighted by molar-refractivity contribution is 5.94. The number of hydrogen-bond acceptors (Lipinski definition) is 9. The maximum atomic E-state index is 13.1. The number of aromatic nitrogens is 2. The van der Waals surface area contributed by atoms with Crippen molar-refractivity contribution >= 4 is 35.6 Å². The predicted molar refractivity (Wildman–Crippen MR) is 132 cm³/mol. The van der Waals surface area contributed by atoms with Gasteiger partial charge in [0.05, 0.1) is 12.4 Å². The van der Waals surface area contributed by atoms with Crippen molar-refractivity contribution in [3.63, 3.8) is 0 Å². The molecule has 0 spiro atoms. The van der Waals surface area contributed by atoms with E-state index < -0.39 is 66.2 Å². The monoisotopic (exact) mass is 540 g/mol. The zero-order valence-electron chi connectivity index (χ0n) is 20.9. The van der Waals surface area contributed by atoms with Gasteiger partial charge in [-0.2, -0.15) is 0 Å². The van der Waals surface area contributed by atoms with E-state index in [0.717, 1.165) is 0 Å². The number of unbranched alkanes of at least 4 members (excludes halogenated alkanes) is 1. The fourth-order valence-electron chi connectivity index (χ4n) is 3.37. The molecule has 16 nitrogen and oxygen atoms in total. The summed E-state index contributed by atoms with van der Waals surface area (Å²) in [5.74, 6) is -5.84. The Morgan fingerprint density at radius 3 is 2.03 bits per heavy atom. The van der Waals surface area contributed by atoms with Crippen LogP contribution in [0.3, 0.4) is 0 Å². The summed E-state index contributed by atoms with van der Waals surface area (Å²) in [7, 11) is 0. The Kier molecular flexibility index (Phi) is 14.0. The van der Waals surface area contributed by atoms with E-state index in [1.807, 2.05) is 0 Å². The lowest BCUT2D eigenvalue weighted by molar-refractivity contribution is -0.143. The molecule has 0 aliphatic rings. The summed E-state index contributed by atoms with van der Waals surface area (Å²) >= 11 is 0. The van der Waals surface area contributed by atoms with Crippen molar-refractivity contribution in [2.75, 3.05) is 6.54 Å². The maximum Gasteiger partial charge on any atom is 0.326 e. The van der Waals surface area contributed by atoms with Gasteiger partial charge in [-0.1, -0.05) is 6.42 Å². The minimum atomic E-state index is -1.53. The molecule has 0 aliphatic carbocycles. The Morgan fingerprint density at radius 1 is 0.868 bits per heavy atom. The second-order valence-electron chi connectivity index (χ2n) is 8.63. The van der Waals surface area contributed by atoms with Gasteiger partial charge in [-0.25, -0.2) is 9.78 Å². The molecule has 212 valence electrons. The summed E-state index contributed by atoms with van der Waals surface area (Å²) in [6.07, 6.45) is 2.79. The van der Waals surface area contributed by atoms with E-state index in [9.17, 15) is 33.9 Å². The number of nitrogens with two attached hydrogens (primary N) is 3. The number of carbonyl (C=O) groups is 6. The van der Waals surface area contributed by atoms with E-state index in [0.29, 0.717) is 31.5 Å². The Labute approximate surface area is 218 Å². The summed E-state index contributed by atoms with van der Waals surface area (Å²) < 4.78 is 0. The lowest BCUT2D eigenvalue weighted by Gasteiger charge is -2.25. The van der Waals surface area contributed by atoms with Crippen LogP contribution in [0.25, 0.3) is 0 Å². The standard InChI is InChI=1S/C22H36N8O8/c23-8-2-1-3-13(24)19(34)28-14(4-6-17(25)31)20(35)30-16(9-12-10-26-11-27-12)21(36)29-15(22(37)38)5-7-18(32)33/h10-11,13-16H,1-9,23-24H2,(H2,25,31)(H,26,27)(H,28,34)(H,29,36)(H,30,35)(H,32,33)(H,37,38). The third-order valence-corrected chi connectivity index (χ3v) is 5.49. The quantitative estimate of drug-likeness (QED) is 0.0801. The second-order valence-corrected chi connectivity index (χ2v) is 8.63. The summed E-state index contributed by atoms with van der Waals surface area (Å²) in [5.41, 5.74) is 16.9. The lowest BCUT2D eigenvalue weighted by Crippen LogP contribution is -2.57. The molecule has 0 aromatic carbocycles. The summed E-state index contributed by atoms with van der Waals surface area (Å²) in [6, 6.07) is -5.10. The summed E-state index contributed by atoms with van der Waals surface area (Å²) in [5, 5.41) is 25.4. The minimum Gasteiger partial charge on any atom is -0.481 e. The molecule has 0 aliphatic heterocycles. The molecule has 1 heterocycles. The Balaban J connectivity index is 3.05. The van der Waals surface area contributed by atoms with Gasteiger partial charge in [0.1, 0.15) is 18.1 Å². The van der Waals surface area contributed by atoms with Gasteiger partial charge in [-0.15, -0.1) is 0 Å². The van der Waals surface area contributed by atoms with Crippen molar-refractivity contribution < 1.29 is 39.0 Å². The number of carboxylic acids is 2. The lowest BCUT2D eigenvalue weighted by atomic mass is 10.0. The fraction of sp³-hybridized carbons (Fsp3) is 0.591. The number of amides is 4. The number of aromatic amines is 1. The smallest absolute Gasteiger partial charge is 0.326 e. The van der Waals surface area contributed by atoms with E-state index in [2.05, 4.69) is 25.9 Å². The molecule has 1 aromatic heterocycles. The van der Waals surface area contributed by atoms with Gasteiger partial charge >= 0.3 is 11.9 Å². The van der Waals surface area contributed by atoms with Crippen LogP contribution in [-0.4, -0.2) is 86.5 Å². The number of primary amides is 1. The van der Waals surface area contributed by atoms with Crippen molar-refractivity contribution in [3.8, 4) is 0 Å². The normalized spacial score (nSPS) is 13.9. The van der Waals surface area contributed by atoms with Crippen molar-refractivity contribution in [2.45, 2.75) is 75.5 Å². The number of nitrogens with zero attached hydrogens (tertiary/aromatic N) is 1. The SMILES string of the molecule is NCCCCC(N)C(=O)NC(CCC(N)=O)C(=O)NC(Cc1cnc[nH]1)C(=O)NC(CCC(=O)O)C(=O)O. The molecule has 4 atom stereocenters. The topological polar surface area (TPSA) is 286 Å². The van der Waals surface area contributed by atoms with Crippen molar-refractivity contribution in [2.24, 2.45) is 17.2 Å². The highest BCUT2D eigenvalue weighted by atomic mass is 16.4. The fourth-order valence-corrected chi connectivity index (χ4v) is 3.37. The highest BCUT2D eigenvalue weighted by Gasteiger charge is 2.31. The molecule has 0 fully saturated rings. The van der Waals surface area contributed by atoms with Crippen LogP contribution >= 0.6 is 0 Å². The van der Waals surface area contributed by atoms with E-state index >= 15 is 0 Å². The van der Waals surface area contributed by atoms with E-state index in [1.165, 1.54) is 12.5 Å². The van der Waals surface area contributed by atoms with Crippen LogP contribution in [0.2, 0.25) is 0 Å². The molecular weight excluding hydrogens is 504 g/mol. The van der Waals surface area contributed by atoms with Crippen molar-refractivity contribution in [1.82, 2.24) is 25.9 Å². The number of nitrogens with one attached hydrogen (secondary N) is 4. The molecule has 0 radical (unpaired) electrons. The van der Waals surface area contributed by atoms with Gasteiger partial charge in [-0.05, 0) is 32.2 Å². The first-order valence-electron chi connectivity index (χ1n) is 12.0. The third kappa shape index (κ3) is 12.3. The first-order chi connectivity index (χ1) is 17.9. The zero-order chi connectivity index (χ0) is 28.7. The first kappa shape index (κ1) is 32.0. The molecule has 16 heteroatoms. The Hall–Kier alpha value is -4.05. The molecule has 1 aromatic rings. The third-order valence-electron chi connectivity index (χ3n) is 5.49. The second kappa shape index (κ2) is 16.6. The van der Waals surface area contributed by atoms with Crippen LogP contribution in [0.5, 0.6) is 0 Å². The van der Waals surface area contributed by atoms with Crippen LogP contribution in [-0.2, 0) is 35.2 Å². The summed E-state index contributed by atoms with van der Waals surface area (Å²) in [4.78, 5) is 78.9. The molecule has 12 N–H and O–H groups in total. The molecule has 4 unspecified atom stereocenters. The Bertz CT molecular complexity index is 955. The number of rotatable bonds is 19. The number of carboxylic acid groups (broad SMARTS) is 2. The van der Waals surface area contributed by atoms with Gasteiger partial charge in [0.2, 0.25) is 23.6 Å². The number of imidazole rings is 1. The van der Waals surface area contributed by atoms with Crippen LogP contribution < -0.4 is 33.2 Å². The molecular formula is C22H36N8O8. The van der Waals surface area contributed by atoms with Crippen molar-refractivity contribution in [1.29, 1.82) is 0 Å². The van der Waals surface area contributed by atoms with Gasteiger partial charge in [-0.3, -0.25) is 24.0 Å². The van der Waals surface area contributed by atoms with Gasteiger partial charge in [0.25, 0.3) is 0 Å². The van der Waals surface area contributed by atoms with Crippen LogP contribution in [0.15, 0.2) is 12.5 Å². The molecule has 4 amide bonds. The van der Waals surface area contributed by atoms with Crippen LogP contribution in [0.1, 0.15) is 50.6 Å². The zero-order valence-corrected chi connectivity index (χ0v) is 20.9. The molecule has 1 rings (SSSR count). The van der Waals surface area contributed by atoms with E-state index in [4.69, 9.17) is 22.3 Å². The maximum absolute atomic E-state index is 13.1. The minimum absolute atomic E-state index is 0.141. The number of H-pyrrole nitrogens is 1. The largest absolute Gasteiger partial charge is 0.481 e. The Morgan fingerprint density at radius 2 is 1.47 bits per heavy atom. The van der Waals surface area contributed by atoms with E-state index in [-0.39, 0.29) is 25.7 Å². The number of hydrogen-bond donors (Lipinski definition) is 9. The molecule has 0 saturated heterocycles. The number of aliphatic carboxylic acids is 2. The van der Waals surface area contributed by atoms with E-state index in [1.54, 1.807) is 0 Å². The summed E-state index contributed by atoms with van der Waals surface area (Å²) in [6.45, 7) is 0.427. The van der Waals surface area contributed by atoms with Gasteiger partial charge in [0, 0.05) is 31.2 Å². The first-order valence-corrected chi connectivity index (χ1v) is 12.0. The molecule has 0 bridgehead atoms. The highest BCUT2D eigenvalue weighted by Crippen LogP contribution is 2.06. The molecule has 0 saturated carbocycles. The van der Waals surface area contributed by atoms with Gasteiger partial charge < -0.3 is 48.3 Å². The average Bonchev–Trinajstić information content (AvgIpc) is 3.36. The number of carbonyl (C=O) groups excluding carboxylic acids is 4. The average molecular weight is 541 g/mol. The van der Waals surface area contributed by atoms with Gasteiger partial charge in [0.15, 0.2) is 0 Å². The predicted octanol–water partition coefficient (Wildman–Crippen LogP) is -2.92.